The second-order valence-corrected chi connectivity index (χ2v) is 18.1. The molecule has 0 fully saturated rings. The van der Waals surface area contributed by atoms with E-state index in [1.54, 1.807) is 58.2 Å². The van der Waals surface area contributed by atoms with E-state index in [1.807, 2.05) is 36.4 Å². The van der Waals surface area contributed by atoms with Crippen LogP contribution < -0.4 is 15.0 Å². The molecule has 4 rings (SSSR count). The number of phenols is 1. The molecule has 1 atom stereocenters. The molecule has 0 saturated carbocycles. The number of halogens is 1. The third-order valence-electron chi connectivity index (χ3n) is 8.91. The van der Waals surface area contributed by atoms with E-state index < -0.39 is 23.5 Å². The molecule has 9 nitrogen and oxygen atoms in total. The first-order valence-electron chi connectivity index (χ1n) is 18.5. The summed E-state index contributed by atoms with van der Waals surface area (Å²) in [6.45, 7) is 17.4. The van der Waals surface area contributed by atoms with Crippen LogP contribution in [0.4, 0.5) is 20.6 Å². The SMILES string of the molecule is COC(=O)C(Cc1ccc(F)cc1)Cc1ccc(OCC(=O)Nc2ccc(Sc3cc(C(C)(C)C)c(O)c(C(C)(C)C)c3)cc2N(C)C(=O)OC(C)(C)C)cc1. The summed E-state index contributed by atoms with van der Waals surface area (Å²) < 4.78 is 29.9. The van der Waals surface area contributed by atoms with E-state index in [9.17, 15) is 23.9 Å². The largest absolute Gasteiger partial charge is 0.507 e. The van der Waals surface area contributed by atoms with Crippen LogP contribution in [0.15, 0.2) is 88.7 Å². The Kier molecular flexibility index (Phi) is 13.9. The Bertz CT molecular complexity index is 1980. The fourth-order valence-electron chi connectivity index (χ4n) is 5.99. The topological polar surface area (TPSA) is 114 Å². The van der Waals surface area contributed by atoms with Crippen LogP contribution in [0.2, 0.25) is 0 Å². The quantitative estimate of drug-likeness (QED) is 0.137. The number of benzene rings is 4. The van der Waals surface area contributed by atoms with Crippen molar-refractivity contribution in [3.8, 4) is 11.5 Å². The van der Waals surface area contributed by atoms with Gasteiger partial charge in [0.1, 0.15) is 22.9 Å². The number of methoxy groups -OCH3 is 1. The van der Waals surface area contributed by atoms with E-state index in [1.165, 1.54) is 35.9 Å². The minimum absolute atomic E-state index is 0.293. The molecule has 11 heteroatoms. The van der Waals surface area contributed by atoms with Crippen molar-refractivity contribution in [2.75, 3.05) is 31.0 Å². The van der Waals surface area contributed by atoms with Crippen LogP contribution in [0.5, 0.6) is 11.5 Å². The number of ether oxygens (including phenoxy) is 3. The van der Waals surface area contributed by atoms with Gasteiger partial charge in [0.15, 0.2) is 6.61 Å². The normalized spacial score (nSPS) is 12.4. The molecule has 2 amide bonds. The summed E-state index contributed by atoms with van der Waals surface area (Å²) in [5.41, 5.74) is 2.82. The van der Waals surface area contributed by atoms with Crippen LogP contribution in [-0.2, 0) is 42.7 Å². The van der Waals surface area contributed by atoms with Gasteiger partial charge >= 0.3 is 12.1 Å². The molecule has 0 spiro atoms. The Balaban J connectivity index is 1.52. The van der Waals surface area contributed by atoms with Crippen molar-refractivity contribution in [2.24, 2.45) is 5.92 Å². The highest BCUT2D eigenvalue weighted by Crippen LogP contribution is 2.44. The fourth-order valence-corrected chi connectivity index (χ4v) is 6.92. The molecular weight excluding hydrogens is 732 g/mol. The number of phenolic OH excluding ortho intramolecular Hbond substituents is 1. The van der Waals surface area contributed by atoms with Gasteiger partial charge in [0.25, 0.3) is 5.91 Å². The maximum absolute atomic E-state index is 13.4. The maximum atomic E-state index is 13.4. The summed E-state index contributed by atoms with van der Waals surface area (Å²) in [7, 11) is 2.93. The van der Waals surface area contributed by atoms with Crippen LogP contribution in [0.3, 0.4) is 0 Å². The lowest BCUT2D eigenvalue weighted by atomic mass is 9.79. The minimum Gasteiger partial charge on any atom is -0.507 e. The highest BCUT2D eigenvalue weighted by Gasteiger charge is 2.28. The molecular formula is C45H55FN2O7S. The summed E-state index contributed by atoms with van der Waals surface area (Å²) in [4.78, 5) is 42.2. The third-order valence-corrected chi connectivity index (χ3v) is 9.87. The van der Waals surface area contributed by atoms with Crippen molar-refractivity contribution in [1.82, 2.24) is 0 Å². The van der Waals surface area contributed by atoms with Crippen LogP contribution in [0, 0.1) is 11.7 Å². The number of hydrogen-bond donors (Lipinski definition) is 2. The van der Waals surface area contributed by atoms with Crippen LogP contribution >= 0.6 is 11.8 Å². The minimum atomic E-state index is -0.744. The average Bonchev–Trinajstić information content (AvgIpc) is 3.10. The van der Waals surface area contributed by atoms with Gasteiger partial charge in [-0.1, -0.05) is 77.6 Å². The van der Waals surface area contributed by atoms with Gasteiger partial charge in [-0.25, -0.2) is 9.18 Å². The summed E-state index contributed by atoms with van der Waals surface area (Å²) in [6, 6.07) is 22.6. The molecule has 1 unspecified atom stereocenters. The standard InChI is InChI=1S/C45H55FN2O7S/c1-43(2,3)35-24-34(25-36(40(35)50)44(4,5)6)56-33-20-21-37(38(26-33)48(10)42(52)55-45(7,8)9)47-39(49)27-54-32-18-14-29(15-19-32)23-30(41(51)53-11)22-28-12-16-31(46)17-13-28/h12-21,24-26,30,50H,22-23,27H2,1-11H3,(H,47,49). The second kappa shape index (κ2) is 17.8. The molecule has 0 saturated heterocycles. The predicted molar refractivity (Wildman–Crippen MR) is 221 cm³/mol. The lowest BCUT2D eigenvalue weighted by molar-refractivity contribution is -0.145. The van der Waals surface area contributed by atoms with E-state index in [-0.39, 0.29) is 29.2 Å². The molecule has 4 aromatic rings. The Labute approximate surface area is 334 Å². The van der Waals surface area contributed by atoms with Crippen LogP contribution in [0.25, 0.3) is 0 Å². The Morgan fingerprint density at radius 1 is 0.786 bits per heavy atom. The molecule has 0 heterocycles. The Hall–Kier alpha value is -5.03. The van der Waals surface area contributed by atoms with Crippen molar-refractivity contribution < 1.29 is 38.1 Å². The van der Waals surface area contributed by atoms with Gasteiger partial charge in [-0.2, -0.15) is 0 Å². The third kappa shape index (κ3) is 12.2. The fraction of sp³-hybridized carbons (Fsp3) is 0.400. The summed E-state index contributed by atoms with van der Waals surface area (Å²) in [5, 5.41) is 14.1. The van der Waals surface area contributed by atoms with Gasteiger partial charge in [0.05, 0.1) is 24.4 Å². The molecule has 4 aromatic carbocycles. The summed E-state index contributed by atoms with van der Waals surface area (Å²) >= 11 is 1.49. The molecule has 2 N–H and O–H groups in total. The van der Waals surface area contributed by atoms with Crippen LogP contribution in [0.1, 0.15) is 84.6 Å². The second-order valence-electron chi connectivity index (χ2n) is 16.9. The number of esters is 1. The first-order valence-corrected chi connectivity index (χ1v) is 19.4. The molecule has 300 valence electrons. The number of rotatable bonds is 12. The molecule has 0 aliphatic heterocycles. The van der Waals surface area contributed by atoms with E-state index >= 15 is 0 Å². The van der Waals surface area contributed by atoms with E-state index in [0.29, 0.717) is 35.7 Å². The number of carbonyl (C=O) groups is 3. The predicted octanol–water partition coefficient (Wildman–Crippen LogP) is 10.2. The van der Waals surface area contributed by atoms with E-state index in [2.05, 4.69) is 46.9 Å². The van der Waals surface area contributed by atoms with E-state index in [4.69, 9.17) is 14.2 Å². The molecule has 0 bridgehead atoms. The summed E-state index contributed by atoms with van der Waals surface area (Å²) in [5.74, 6) is -0.871. The van der Waals surface area contributed by atoms with Crippen molar-refractivity contribution in [2.45, 2.75) is 101 Å². The van der Waals surface area contributed by atoms with Gasteiger partial charge in [-0.3, -0.25) is 14.5 Å². The maximum Gasteiger partial charge on any atom is 0.414 e. The molecule has 0 aliphatic rings. The number of anilines is 2. The zero-order chi connectivity index (χ0) is 41.6. The zero-order valence-corrected chi connectivity index (χ0v) is 35.2. The Morgan fingerprint density at radius 3 is 1.82 bits per heavy atom. The summed E-state index contributed by atoms with van der Waals surface area (Å²) in [6.07, 6.45) is 0.201. The van der Waals surface area contributed by atoms with Crippen molar-refractivity contribution in [3.63, 3.8) is 0 Å². The smallest absolute Gasteiger partial charge is 0.414 e. The number of nitrogens with one attached hydrogen (secondary N) is 1. The van der Waals surface area contributed by atoms with Crippen molar-refractivity contribution >= 4 is 41.1 Å². The van der Waals surface area contributed by atoms with E-state index in [0.717, 1.165) is 32.0 Å². The Morgan fingerprint density at radius 2 is 1.32 bits per heavy atom. The number of hydrogen-bond acceptors (Lipinski definition) is 8. The van der Waals surface area contributed by atoms with Gasteiger partial charge in [-0.05, 0) is 110 Å². The molecule has 56 heavy (non-hydrogen) atoms. The highest BCUT2D eigenvalue weighted by molar-refractivity contribution is 7.99. The highest BCUT2D eigenvalue weighted by atomic mass is 32.2. The number of aromatic hydroxyl groups is 1. The monoisotopic (exact) mass is 786 g/mol. The van der Waals surface area contributed by atoms with Crippen molar-refractivity contribution in [1.29, 1.82) is 0 Å². The first-order chi connectivity index (χ1) is 26.0. The number of carbonyl (C=O) groups excluding carboxylic acids is 3. The molecule has 0 aliphatic carbocycles. The number of nitrogens with zero attached hydrogens (tertiary/aromatic N) is 1. The van der Waals surface area contributed by atoms with Gasteiger partial charge in [0, 0.05) is 28.0 Å². The number of amides is 2. The molecule has 0 aromatic heterocycles. The van der Waals surface area contributed by atoms with Gasteiger partial charge in [0.2, 0.25) is 0 Å². The van der Waals surface area contributed by atoms with Crippen molar-refractivity contribution in [3.05, 3.63) is 107 Å². The lowest BCUT2D eigenvalue weighted by Crippen LogP contribution is -2.34. The lowest BCUT2D eigenvalue weighted by Gasteiger charge is -2.28. The van der Waals surface area contributed by atoms with Gasteiger partial charge < -0.3 is 24.6 Å². The molecule has 0 radical (unpaired) electrons. The van der Waals surface area contributed by atoms with Crippen LogP contribution in [-0.4, -0.2) is 49.4 Å². The first kappa shape index (κ1) is 43.7. The zero-order valence-electron chi connectivity index (χ0n) is 34.3. The average molecular weight is 787 g/mol. The van der Waals surface area contributed by atoms with Gasteiger partial charge in [-0.15, -0.1) is 0 Å².